The molecule has 0 bridgehead atoms. The van der Waals surface area contributed by atoms with Crippen LogP contribution in [0.3, 0.4) is 0 Å². The van der Waals surface area contributed by atoms with Gasteiger partial charge in [0.1, 0.15) is 5.75 Å². The van der Waals surface area contributed by atoms with E-state index in [1.54, 1.807) is 0 Å². The van der Waals surface area contributed by atoms with Crippen molar-refractivity contribution in [1.29, 1.82) is 0 Å². The van der Waals surface area contributed by atoms with Crippen LogP contribution in [0, 0.1) is 6.92 Å². The second-order valence-electron chi connectivity index (χ2n) is 5.10. The van der Waals surface area contributed by atoms with E-state index in [1.807, 2.05) is 0 Å². The number of ether oxygens (including phenoxy) is 1. The molecule has 0 spiro atoms. The third-order valence-electron chi connectivity index (χ3n) is 3.32. The molecule has 0 aliphatic heterocycles. The molecule has 2 nitrogen and oxygen atoms in total. The van der Waals surface area contributed by atoms with Gasteiger partial charge in [-0.05, 0) is 60.2 Å². The van der Waals surface area contributed by atoms with Crippen molar-refractivity contribution < 1.29 is 4.74 Å². The lowest BCUT2D eigenvalue weighted by Gasteiger charge is -2.18. The Hall–Kier alpha value is -0.540. The Balaban J connectivity index is 2.04. The van der Waals surface area contributed by atoms with Crippen LogP contribution in [-0.2, 0) is 5.54 Å². The van der Waals surface area contributed by atoms with Gasteiger partial charge in [0.05, 0.1) is 10.6 Å². The minimum Gasteiger partial charge on any atom is -0.489 e. The van der Waals surface area contributed by atoms with E-state index < -0.39 is 0 Å². The number of hydrogen-bond acceptors (Lipinski definition) is 2. The van der Waals surface area contributed by atoms with Gasteiger partial charge in [0.2, 0.25) is 0 Å². The SMILES string of the molecule is Cc1cc(Br)c(OC2CC2)c(C2(N)CC2)c1. The van der Waals surface area contributed by atoms with Gasteiger partial charge >= 0.3 is 0 Å². The normalized spacial score (nSPS) is 21.9. The van der Waals surface area contributed by atoms with Gasteiger partial charge in [-0.2, -0.15) is 0 Å². The predicted molar refractivity (Wildman–Crippen MR) is 67.6 cm³/mol. The van der Waals surface area contributed by atoms with E-state index in [1.165, 1.54) is 24.0 Å². The Morgan fingerprint density at radius 2 is 2.06 bits per heavy atom. The Morgan fingerprint density at radius 1 is 1.38 bits per heavy atom. The van der Waals surface area contributed by atoms with Crippen LogP contribution < -0.4 is 10.5 Å². The highest BCUT2D eigenvalue weighted by Gasteiger charge is 2.43. The first-order valence-electron chi connectivity index (χ1n) is 5.85. The van der Waals surface area contributed by atoms with E-state index in [-0.39, 0.29) is 5.54 Å². The molecule has 0 unspecified atom stereocenters. The standard InChI is InChI=1S/C13H16BrNO/c1-8-6-10(13(15)4-5-13)12(11(14)7-8)16-9-2-3-9/h6-7,9H,2-5,15H2,1H3. The molecule has 2 aliphatic rings. The summed E-state index contributed by atoms with van der Waals surface area (Å²) in [5, 5.41) is 0. The zero-order chi connectivity index (χ0) is 11.3. The summed E-state index contributed by atoms with van der Waals surface area (Å²) in [5.74, 6) is 0.980. The quantitative estimate of drug-likeness (QED) is 0.923. The molecule has 3 rings (SSSR count). The van der Waals surface area contributed by atoms with Crippen LogP contribution in [0.25, 0.3) is 0 Å². The summed E-state index contributed by atoms with van der Waals surface area (Å²) in [4.78, 5) is 0. The average Bonchev–Trinajstić information content (AvgIpc) is 3.08. The van der Waals surface area contributed by atoms with Crippen molar-refractivity contribution in [3.8, 4) is 5.75 Å². The first-order chi connectivity index (χ1) is 7.58. The van der Waals surface area contributed by atoms with Gasteiger partial charge in [0.25, 0.3) is 0 Å². The van der Waals surface area contributed by atoms with Gasteiger partial charge < -0.3 is 10.5 Å². The molecule has 2 N–H and O–H groups in total. The topological polar surface area (TPSA) is 35.2 Å². The molecule has 2 aliphatic carbocycles. The third-order valence-corrected chi connectivity index (χ3v) is 3.91. The lowest BCUT2D eigenvalue weighted by Crippen LogP contribution is -2.20. The van der Waals surface area contributed by atoms with Crippen LogP contribution in [0.2, 0.25) is 0 Å². The Bertz CT molecular complexity index is 436. The summed E-state index contributed by atoms with van der Waals surface area (Å²) in [6.45, 7) is 2.10. The maximum atomic E-state index is 6.30. The van der Waals surface area contributed by atoms with Crippen LogP contribution in [0.15, 0.2) is 16.6 Å². The minimum absolute atomic E-state index is 0.126. The Labute approximate surface area is 104 Å². The van der Waals surface area contributed by atoms with Gasteiger partial charge in [-0.3, -0.25) is 0 Å². The number of aryl methyl sites for hydroxylation is 1. The molecule has 1 aromatic carbocycles. The molecular weight excluding hydrogens is 266 g/mol. The van der Waals surface area contributed by atoms with Gasteiger partial charge in [-0.25, -0.2) is 0 Å². The first kappa shape index (κ1) is 10.6. The lowest BCUT2D eigenvalue weighted by atomic mass is 10.0. The third kappa shape index (κ3) is 1.87. The van der Waals surface area contributed by atoms with E-state index >= 15 is 0 Å². The number of hydrogen-bond donors (Lipinski definition) is 1. The second kappa shape index (κ2) is 3.47. The fraction of sp³-hybridized carbons (Fsp3) is 0.538. The van der Waals surface area contributed by atoms with Gasteiger partial charge in [0.15, 0.2) is 0 Å². The highest BCUT2D eigenvalue weighted by atomic mass is 79.9. The van der Waals surface area contributed by atoms with Gasteiger partial charge in [-0.1, -0.05) is 6.07 Å². The van der Waals surface area contributed by atoms with Crippen LogP contribution >= 0.6 is 15.9 Å². The predicted octanol–water partition coefficient (Wildman–Crippen LogP) is 3.25. The largest absolute Gasteiger partial charge is 0.489 e. The van der Waals surface area contributed by atoms with Crippen LogP contribution in [0.4, 0.5) is 0 Å². The highest BCUT2D eigenvalue weighted by Crippen LogP contribution is 2.49. The molecule has 0 aromatic heterocycles. The van der Waals surface area contributed by atoms with Crippen molar-refractivity contribution in [2.24, 2.45) is 5.73 Å². The van der Waals surface area contributed by atoms with Crippen molar-refractivity contribution in [2.45, 2.75) is 44.2 Å². The number of nitrogens with two attached hydrogens (primary N) is 1. The zero-order valence-electron chi connectivity index (χ0n) is 9.42. The maximum Gasteiger partial charge on any atom is 0.138 e. The Kier molecular flexibility index (Phi) is 2.30. The Morgan fingerprint density at radius 3 is 2.62 bits per heavy atom. The lowest BCUT2D eigenvalue weighted by molar-refractivity contribution is 0.295. The summed E-state index contributed by atoms with van der Waals surface area (Å²) >= 11 is 3.59. The monoisotopic (exact) mass is 281 g/mol. The van der Waals surface area contributed by atoms with E-state index in [0.717, 1.165) is 23.1 Å². The maximum absolute atomic E-state index is 6.30. The first-order valence-corrected chi connectivity index (χ1v) is 6.64. The van der Waals surface area contributed by atoms with Crippen molar-refractivity contribution in [3.63, 3.8) is 0 Å². The number of rotatable bonds is 3. The number of benzene rings is 1. The highest BCUT2D eigenvalue weighted by molar-refractivity contribution is 9.10. The molecule has 0 atom stereocenters. The van der Waals surface area contributed by atoms with Crippen molar-refractivity contribution in [1.82, 2.24) is 0 Å². The minimum atomic E-state index is -0.126. The van der Waals surface area contributed by atoms with Gasteiger partial charge in [-0.15, -0.1) is 0 Å². The van der Waals surface area contributed by atoms with Gasteiger partial charge in [0, 0.05) is 11.1 Å². The molecule has 0 saturated heterocycles. The van der Waals surface area contributed by atoms with Crippen LogP contribution in [-0.4, -0.2) is 6.10 Å². The zero-order valence-corrected chi connectivity index (χ0v) is 11.0. The summed E-state index contributed by atoms with van der Waals surface area (Å²) in [7, 11) is 0. The van der Waals surface area contributed by atoms with Crippen molar-refractivity contribution in [3.05, 3.63) is 27.7 Å². The summed E-state index contributed by atoms with van der Waals surface area (Å²) in [5.41, 5.74) is 8.60. The molecule has 86 valence electrons. The molecule has 0 heterocycles. The molecule has 1 aromatic rings. The fourth-order valence-electron chi connectivity index (χ4n) is 1.98. The summed E-state index contributed by atoms with van der Waals surface area (Å²) in [6.07, 6.45) is 4.92. The molecule has 3 heteroatoms. The van der Waals surface area contributed by atoms with Crippen molar-refractivity contribution in [2.75, 3.05) is 0 Å². The van der Waals surface area contributed by atoms with Crippen LogP contribution in [0.5, 0.6) is 5.75 Å². The molecule has 2 saturated carbocycles. The molecule has 16 heavy (non-hydrogen) atoms. The molecule has 0 amide bonds. The van der Waals surface area contributed by atoms with E-state index in [2.05, 4.69) is 35.0 Å². The van der Waals surface area contributed by atoms with Crippen molar-refractivity contribution >= 4 is 15.9 Å². The van der Waals surface area contributed by atoms with E-state index in [4.69, 9.17) is 10.5 Å². The smallest absolute Gasteiger partial charge is 0.138 e. The average molecular weight is 282 g/mol. The van der Waals surface area contributed by atoms with Crippen LogP contribution in [0.1, 0.15) is 36.8 Å². The number of halogens is 1. The molecular formula is C13H16BrNO. The second-order valence-corrected chi connectivity index (χ2v) is 5.95. The fourth-order valence-corrected chi connectivity index (χ4v) is 2.64. The van der Waals surface area contributed by atoms with E-state index in [9.17, 15) is 0 Å². The molecule has 0 radical (unpaired) electrons. The van der Waals surface area contributed by atoms with E-state index in [0.29, 0.717) is 6.10 Å². The summed E-state index contributed by atoms with van der Waals surface area (Å²) < 4.78 is 7.03. The summed E-state index contributed by atoms with van der Waals surface area (Å²) in [6, 6.07) is 4.28. The molecule has 2 fully saturated rings.